The molecule has 0 aliphatic rings. The lowest BCUT2D eigenvalue weighted by atomic mass is 10.1. The van der Waals surface area contributed by atoms with Gasteiger partial charge in [-0.3, -0.25) is 0 Å². The maximum absolute atomic E-state index is 5.35. The van der Waals surface area contributed by atoms with E-state index in [1.807, 2.05) is 6.07 Å². The van der Waals surface area contributed by atoms with Crippen molar-refractivity contribution in [1.82, 2.24) is 5.32 Å². The summed E-state index contributed by atoms with van der Waals surface area (Å²) in [7, 11) is 3.43. The van der Waals surface area contributed by atoms with Crippen LogP contribution in [0.15, 0.2) is 18.2 Å². The quantitative estimate of drug-likeness (QED) is 0.824. The number of methoxy groups -OCH3 is 2. The summed E-state index contributed by atoms with van der Waals surface area (Å²) in [5, 5.41) is 3.39. The van der Waals surface area contributed by atoms with E-state index in [4.69, 9.17) is 9.47 Å². The summed E-state index contributed by atoms with van der Waals surface area (Å²) in [5.74, 6) is 0.936. The van der Waals surface area contributed by atoms with E-state index >= 15 is 0 Å². The third-order valence-corrected chi connectivity index (χ3v) is 2.89. The highest BCUT2D eigenvalue weighted by atomic mass is 16.5. The summed E-state index contributed by atoms with van der Waals surface area (Å²) in [6.07, 6.45) is 0. The molecule has 1 aromatic rings. The Labute approximate surface area is 104 Å². The molecule has 0 amide bonds. The molecule has 0 radical (unpaired) electrons. The van der Waals surface area contributed by atoms with Gasteiger partial charge in [-0.2, -0.15) is 0 Å². The molecule has 0 bridgehead atoms. The van der Waals surface area contributed by atoms with E-state index < -0.39 is 0 Å². The Kier molecular flexibility index (Phi) is 4.97. The van der Waals surface area contributed by atoms with Crippen molar-refractivity contribution in [2.75, 3.05) is 20.8 Å². The standard InChI is InChI=1S/C14H23NO2/c1-11-8-12(6-7-13(11)16-4)9-15-10-14(2,3)17-5/h6-8,15H,9-10H2,1-5H3. The van der Waals surface area contributed by atoms with Crippen molar-refractivity contribution in [2.24, 2.45) is 0 Å². The molecular formula is C14H23NO2. The molecule has 0 saturated heterocycles. The van der Waals surface area contributed by atoms with Crippen LogP contribution in [0.3, 0.4) is 0 Å². The highest BCUT2D eigenvalue weighted by molar-refractivity contribution is 5.36. The summed E-state index contributed by atoms with van der Waals surface area (Å²) < 4.78 is 10.6. The van der Waals surface area contributed by atoms with Gasteiger partial charge in [-0.1, -0.05) is 12.1 Å². The zero-order chi connectivity index (χ0) is 12.9. The second-order valence-electron chi connectivity index (χ2n) is 4.87. The highest BCUT2D eigenvalue weighted by Gasteiger charge is 2.15. The zero-order valence-corrected chi connectivity index (χ0v) is 11.5. The molecule has 0 saturated carbocycles. The van der Waals surface area contributed by atoms with Gasteiger partial charge in [0, 0.05) is 20.2 Å². The number of aryl methyl sites for hydroxylation is 1. The number of hydrogen-bond donors (Lipinski definition) is 1. The maximum Gasteiger partial charge on any atom is 0.121 e. The van der Waals surface area contributed by atoms with Crippen molar-refractivity contribution in [2.45, 2.75) is 32.9 Å². The van der Waals surface area contributed by atoms with Crippen LogP contribution in [0.1, 0.15) is 25.0 Å². The lowest BCUT2D eigenvalue weighted by Gasteiger charge is -2.23. The summed E-state index contributed by atoms with van der Waals surface area (Å²) in [6, 6.07) is 6.23. The third-order valence-electron chi connectivity index (χ3n) is 2.89. The SMILES string of the molecule is COc1ccc(CNCC(C)(C)OC)cc1C. The number of rotatable bonds is 6. The summed E-state index contributed by atoms with van der Waals surface area (Å²) in [4.78, 5) is 0. The number of benzene rings is 1. The first-order valence-corrected chi connectivity index (χ1v) is 5.88. The zero-order valence-electron chi connectivity index (χ0n) is 11.5. The van der Waals surface area contributed by atoms with Gasteiger partial charge in [0.15, 0.2) is 0 Å². The minimum absolute atomic E-state index is 0.123. The van der Waals surface area contributed by atoms with E-state index in [2.05, 4.69) is 38.2 Å². The second kappa shape index (κ2) is 6.03. The fraction of sp³-hybridized carbons (Fsp3) is 0.571. The van der Waals surface area contributed by atoms with Crippen LogP contribution in [0, 0.1) is 6.92 Å². The topological polar surface area (TPSA) is 30.5 Å². The molecule has 0 heterocycles. The molecule has 17 heavy (non-hydrogen) atoms. The Balaban J connectivity index is 2.50. The normalized spacial score (nSPS) is 11.6. The van der Waals surface area contributed by atoms with Crippen LogP contribution in [0.5, 0.6) is 5.75 Å². The van der Waals surface area contributed by atoms with E-state index in [0.717, 1.165) is 24.4 Å². The monoisotopic (exact) mass is 237 g/mol. The first-order valence-electron chi connectivity index (χ1n) is 5.88. The predicted molar refractivity (Wildman–Crippen MR) is 70.5 cm³/mol. The minimum atomic E-state index is -0.123. The molecule has 0 spiro atoms. The average molecular weight is 237 g/mol. The molecule has 0 aliphatic heterocycles. The van der Waals surface area contributed by atoms with Gasteiger partial charge in [0.25, 0.3) is 0 Å². The Hall–Kier alpha value is -1.06. The smallest absolute Gasteiger partial charge is 0.121 e. The maximum atomic E-state index is 5.35. The third kappa shape index (κ3) is 4.36. The van der Waals surface area contributed by atoms with Gasteiger partial charge < -0.3 is 14.8 Å². The van der Waals surface area contributed by atoms with Crippen LogP contribution >= 0.6 is 0 Å². The number of ether oxygens (including phenoxy) is 2. The first kappa shape index (κ1) is 14.0. The van der Waals surface area contributed by atoms with Gasteiger partial charge in [-0.05, 0) is 38.0 Å². The van der Waals surface area contributed by atoms with E-state index in [1.165, 1.54) is 5.56 Å². The summed E-state index contributed by atoms with van der Waals surface area (Å²) in [5.41, 5.74) is 2.30. The van der Waals surface area contributed by atoms with Crippen LogP contribution in [0.25, 0.3) is 0 Å². The van der Waals surface area contributed by atoms with Gasteiger partial charge in [0.1, 0.15) is 5.75 Å². The fourth-order valence-electron chi connectivity index (χ4n) is 1.63. The fourth-order valence-corrected chi connectivity index (χ4v) is 1.63. The van der Waals surface area contributed by atoms with Crippen LogP contribution in [0.4, 0.5) is 0 Å². The van der Waals surface area contributed by atoms with Crippen LogP contribution in [-0.4, -0.2) is 26.4 Å². The molecule has 0 aromatic heterocycles. The van der Waals surface area contributed by atoms with Gasteiger partial charge in [-0.15, -0.1) is 0 Å². The lowest BCUT2D eigenvalue weighted by molar-refractivity contribution is 0.0230. The van der Waals surface area contributed by atoms with Crippen LogP contribution < -0.4 is 10.1 Å². The molecule has 3 heteroatoms. The lowest BCUT2D eigenvalue weighted by Crippen LogP contribution is -2.36. The van der Waals surface area contributed by atoms with Gasteiger partial charge in [0.05, 0.1) is 12.7 Å². The molecule has 3 nitrogen and oxygen atoms in total. The Morgan fingerprint density at radius 1 is 1.24 bits per heavy atom. The largest absolute Gasteiger partial charge is 0.496 e. The minimum Gasteiger partial charge on any atom is -0.496 e. The molecule has 96 valence electrons. The number of hydrogen-bond acceptors (Lipinski definition) is 3. The second-order valence-corrected chi connectivity index (χ2v) is 4.87. The predicted octanol–water partition coefficient (Wildman–Crippen LogP) is 2.52. The summed E-state index contributed by atoms with van der Waals surface area (Å²) >= 11 is 0. The van der Waals surface area contributed by atoms with Crippen LogP contribution in [-0.2, 0) is 11.3 Å². The van der Waals surface area contributed by atoms with Crippen molar-refractivity contribution < 1.29 is 9.47 Å². The van der Waals surface area contributed by atoms with Crippen molar-refractivity contribution >= 4 is 0 Å². The Morgan fingerprint density at radius 3 is 2.47 bits per heavy atom. The average Bonchev–Trinajstić information content (AvgIpc) is 2.29. The number of nitrogens with one attached hydrogen (secondary N) is 1. The molecule has 0 unspecified atom stereocenters. The van der Waals surface area contributed by atoms with E-state index in [0.29, 0.717) is 0 Å². The van der Waals surface area contributed by atoms with Crippen molar-refractivity contribution in [3.8, 4) is 5.75 Å². The van der Waals surface area contributed by atoms with Crippen LogP contribution in [0.2, 0.25) is 0 Å². The van der Waals surface area contributed by atoms with E-state index in [-0.39, 0.29) is 5.60 Å². The Bertz CT molecular complexity index is 361. The van der Waals surface area contributed by atoms with Gasteiger partial charge in [-0.25, -0.2) is 0 Å². The molecular weight excluding hydrogens is 214 g/mol. The summed E-state index contributed by atoms with van der Waals surface area (Å²) in [6.45, 7) is 7.87. The Morgan fingerprint density at radius 2 is 1.94 bits per heavy atom. The molecule has 1 aromatic carbocycles. The van der Waals surface area contributed by atoms with Gasteiger partial charge >= 0.3 is 0 Å². The molecule has 1 rings (SSSR count). The molecule has 0 fully saturated rings. The van der Waals surface area contributed by atoms with Crippen molar-refractivity contribution in [3.63, 3.8) is 0 Å². The van der Waals surface area contributed by atoms with E-state index in [1.54, 1.807) is 14.2 Å². The molecule has 0 aliphatic carbocycles. The molecule has 1 N–H and O–H groups in total. The van der Waals surface area contributed by atoms with Crippen molar-refractivity contribution in [3.05, 3.63) is 29.3 Å². The van der Waals surface area contributed by atoms with Gasteiger partial charge in [0.2, 0.25) is 0 Å². The molecule has 0 atom stereocenters. The van der Waals surface area contributed by atoms with Crippen molar-refractivity contribution in [1.29, 1.82) is 0 Å². The van der Waals surface area contributed by atoms with E-state index in [9.17, 15) is 0 Å². The highest BCUT2D eigenvalue weighted by Crippen LogP contribution is 2.18. The first-order chi connectivity index (χ1) is 7.98.